The van der Waals surface area contributed by atoms with Gasteiger partial charge < -0.3 is 9.80 Å². The molecule has 0 spiro atoms. The van der Waals surface area contributed by atoms with Crippen molar-refractivity contribution < 1.29 is 0 Å². The minimum Gasteiger partial charge on any atom is -0.311 e. The van der Waals surface area contributed by atoms with Gasteiger partial charge >= 0.3 is 0 Å². The molecule has 0 atom stereocenters. The summed E-state index contributed by atoms with van der Waals surface area (Å²) in [5.74, 6) is 0. The Morgan fingerprint density at radius 3 is 0.806 bits per heavy atom. The normalized spacial score (nSPS) is 8.71. The van der Waals surface area contributed by atoms with Crippen LogP contribution in [0, 0.1) is 0 Å². The topological polar surface area (TPSA) is 6.48 Å². The highest BCUT2D eigenvalue weighted by atomic mass is 15.1. The van der Waals surface area contributed by atoms with Crippen LogP contribution in [0.5, 0.6) is 0 Å². The van der Waals surface area contributed by atoms with E-state index < -0.39 is 0 Å². The Labute approximate surface area is 384 Å². The van der Waals surface area contributed by atoms with E-state index >= 15 is 0 Å². The van der Waals surface area contributed by atoms with Gasteiger partial charge in [-0.3, -0.25) is 0 Å². The van der Waals surface area contributed by atoms with Crippen molar-refractivity contribution in [2.24, 2.45) is 0 Å². The fraction of sp³-hybridized carbons (Fsp3) is 0.300. The van der Waals surface area contributed by atoms with Gasteiger partial charge in [0.25, 0.3) is 0 Å². The summed E-state index contributed by atoms with van der Waals surface area (Å²) >= 11 is 0. The molecule has 6 aromatic carbocycles. The first kappa shape index (κ1) is 62.8. The van der Waals surface area contributed by atoms with Crippen molar-refractivity contribution in [2.45, 2.75) is 125 Å². The third kappa shape index (κ3) is 21.1. The average molecular weight is 837 g/mol. The van der Waals surface area contributed by atoms with Crippen LogP contribution in [0.25, 0.3) is 22.3 Å². The second kappa shape index (κ2) is 44.7. The monoisotopic (exact) mass is 837 g/mol. The minimum absolute atomic E-state index is 0.963. The van der Waals surface area contributed by atoms with Crippen molar-refractivity contribution >= 4 is 28.4 Å². The zero-order valence-corrected chi connectivity index (χ0v) is 42.6. The smallest absolute Gasteiger partial charge is 0.0462 e. The minimum atomic E-state index is 0.963. The fourth-order valence-corrected chi connectivity index (χ4v) is 5.44. The predicted octanol–water partition coefficient (Wildman–Crippen LogP) is 21.1. The Hall–Kier alpha value is -5.86. The lowest BCUT2D eigenvalue weighted by Crippen LogP contribution is -2.14. The van der Waals surface area contributed by atoms with E-state index in [4.69, 9.17) is 0 Å². The number of hydrogen-bond acceptors (Lipinski definition) is 2. The van der Waals surface area contributed by atoms with E-state index in [9.17, 15) is 0 Å². The van der Waals surface area contributed by atoms with Gasteiger partial charge in [0.15, 0.2) is 0 Å². The largest absolute Gasteiger partial charge is 0.311 e. The molecule has 62 heavy (non-hydrogen) atoms. The van der Waals surface area contributed by atoms with Crippen LogP contribution in [0.1, 0.15) is 125 Å². The summed E-state index contributed by atoms with van der Waals surface area (Å²) in [7, 11) is 0. The molecule has 0 radical (unpaired) electrons. The Morgan fingerprint density at radius 2 is 0.532 bits per heavy atom. The number of para-hydroxylation sites is 3. The molecule has 0 aliphatic heterocycles. The molecule has 338 valence electrons. The number of benzene rings is 6. The molecule has 0 saturated carbocycles. The fourth-order valence-electron chi connectivity index (χ4n) is 5.44. The van der Waals surface area contributed by atoms with Crippen molar-refractivity contribution in [1.29, 1.82) is 0 Å². The van der Waals surface area contributed by atoms with E-state index in [2.05, 4.69) is 156 Å². The molecule has 0 aliphatic carbocycles. The molecule has 0 unspecified atom stereocenters. The first-order chi connectivity index (χ1) is 30.7. The maximum atomic E-state index is 4.03. The van der Waals surface area contributed by atoms with Crippen LogP contribution in [0.3, 0.4) is 0 Å². The Morgan fingerprint density at radius 1 is 0.306 bits per heavy atom. The average Bonchev–Trinajstić information content (AvgIpc) is 3.41. The lowest BCUT2D eigenvalue weighted by Gasteiger charge is -2.26. The van der Waals surface area contributed by atoms with Crippen molar-refractivity contribution in [1.82, 2.24) is 0 Å². The molecule has 0 aliphatic rings. The Balaban J connectivity index is -0.000000833. The van der Waals surface area contributed by atoms with Gasteiger partial charge in [-0.25, -0.2) is 0 Å². The van der Waals surface area contributed by atoms with Crippen LogP contribution in [0.2, 0.25) is 0 Å². The molecule has 6 aromatic rings. The van der Waals surface area contributed by atoms with Crippen molar-refractivity contribution in [3.63, 3.8) is 0 Å². The summed E-state index contributed by atoms with van der Waals surface area (Å²) < 4.78 is 0. The third-order valence-electron chi connectivity index (χ3n) is 7.60. The second-order valence-electron chi connectivity index (χ2n) is 10.4. The number of hydrogen-bond donors (Lipinski definition) is 0. The predicted molar refractivity (Wildman–Crippen MR) is 291 cm³/mol. The first-order valence-corrected chi connectivity index (χ1v) is 23.8. The van der Waals surface area contributed by atoms with Gasteiger partial charge in [0.2, 0.25) is 0 Å². The Bertz CT molecular complexity index is 1800. The van der Waals surface area contributed by atoms with Crippen molar-refractivity contribution in [2.75, 3.05) is 9.80 Å². The highest BCUT2D eigenvalue weighted by Crippen LogP contribution is 2.36. The van der Waals surface area contributed by atoms with Gasteiger partial charge in [0.1, 0.15) is 0 Å². The van der Waals surface area contributed by atoms with Gasteiger partial charge in [-0.2, -0.15) is 0 Å². The molecule has 0 amide bonds. The van der Waals surface area contributed by atoms with E-state index in [1.807, 2.05) is 167 Å². The first-order valence-electron chi connectivity index (χ1n) is 23.8. The zero-order chi connectivity index (χ0) is 48.1. The standard InChI is InChI=1S/C42H34N2.9C2H6/c1-3-14-37(4-2)43(38-15-8-5-9-16-38)41-29-25-35(26-30-41)33-21-23-34(24-22-33)36-27-31-42(32-28-36)44(39-17-10-6-11-18-39)40-19-12-7-13-20-40;9*1-2/h3-32H,1-2H2;9*1-2H3/b37-14+;;;;;;;;;. The van der Waals surface area contributed by atoms with Gasteiger partial charge in [-0.05, 0) is 95.1 Å². The molecule has 0 fully saturated rings. The van der Waals surface area contributed by atoms with Crippen LogP contribution in [0.15, 0.2) is 201 Å². The summed E-state index contributed by atoms with van der Waals surface area (Å²) in [5.41, 5.74) is 11.2. The molecule has 2 nitrogen and oxygen atoms in total. The quantitative estimate of drug-likeness (QED) is 0.127. The molecule has 0 N–H and O–H groups in total. The van der Waals surface area contributed by atoms with E-state index in [0.717, 1.165) is 39.7 Å². The highest BCUT2D eigenvalue weighted by molar-refractivity contribution is 5.79. The van der Waals surface area contributed by atoms with E-state index in [1.54, 1.807) is 6.08 Å². The number of nitrogens with zero attached hydrogens (tertiary/aromatic N) is 2. The third-order valence-corrected chi connectivity index (χ3v) is 7.60. The van der Waals surface area contributed by atoms with Crippen LogP contribution < -0.4 is 9.80 Å². The summed E-state index contributed by atoms with van der Waals surface area (Å²) in [6.45, 7) is 43.9. The van der Waals surface area contributed by atoms with Crippen LogP contribution in [-0.4, -0.2) is 0 Å². The summed E-state index contributed by atoms with van der Waals surface area (Å²) in [4.78, 5) is 4.46. The molecule has 0 bridgehead atoms. The van der Waals surface area contributed by atoms with E-state index in [1.165, 1.54) is 16.7 Å². The van der Waals surface area contributed by atoms with Gasteiger partial charge in [-0.15, -0.1) is 0 Å². The highest BCUT2D eigenvalue weighted by Gasteiger charge is 2.14. The molecule has 6 rings (SSSR count). The van der Waals surface area contributed by atoms with Crippen LogP contribution >= 0.6 is 0 Å². The summed E-state index contributed by atoms with van der Waals surface area (Å²) in [6, 6.07) is 57.5. The molecule has 2 heteroatoms. The molecular weight excluding hydrogens is 749 g/mol. The van der Waals surface area contributed by atoms with Gasteiger partial charge in [0.05, 0.1) is 0 Å². The van der Waals surface area contributed by atoms with Crippen LogP contribution in [0.4, 0.5) is 28.4 Å². The van der Waals surface area contributed by atoms with Gasteiger partial charge in [-0.1, -0.05) is 247 Å². The molecule has 0 saturated heterocycles. The Kier molecular flexibility index (Phi) is 45.3. The SMILES string of the molecule is C=C/C=C(\C=C)N(c1ccccc1)c1ccc(-c2ccc(-c3ccc(N(c4ccccc4)c4ccccc4)cc3)cc2)cc1.CC.CC.CC.CC.CC.CC.CC.CC.CC. The van der Waals surface area contributed by atoms with Crippen molar-refractivity contribution in [3.8, 4) is 22.3 Å². The molecule has 0 heterocycles. The number of allylic oxidation sites excluding steroid dienone is 3. The zero-order valence-electron chi connectivity index (χ0n) is 42.6. The van der Waals surface area contributed by atoms with E-state index in [0.29, 0.717) is 0 Å². The number of anilines is 5. The van der Waals surface area contributed by atoms with Gasteiger partial charge in [0, 0.05) is 34.1 Å². The van der Waals surface area contributed by atoms with E-state index in [-0.39, 0.29) is 0 Å². The number of rotatable bonds is 10. The lowest BCUT2D eigenvalue weighted by molar-refractivity contribution is 1.21. The lowest BCUT2D eigenvalue weighted by atomic mass is 9.99. The van der Waals surface area contributed by atoms with Crippen LogP contribution in [-0.2, 0) is 0 Å². The summed E-state index contributed by atoms with van der Waals surface area (Å²) in [5, 5.41) is 0. The second-order valence-corrected chi connectivity index (χ2v) is 10.4. The maximum Gasteiger partial charge on any atom is 0.0462 e. The van der Waals surface area contributed by atoms with Crippen molar-refractivity contribution in [3.05, 3.63) is 201 Å². The molecule has 0 aromatic heterocycles. The summed E-state index contributed by atoms with van der Waals surface area (Å²) in [6.07, 6.45) is 5.62. The molecular formula is C60H88N2. The maximum absolute atomic E-state index is 4.03.